The summed E-state index contributed by atoms with van der Waals surface area (Å²) in [6.07, 6.45) is 0. The summed E-state index contributed by atoms with van der Waals surface area (Å²) < 4.78 is 0. The monoisotopic (exact) mass is 1430 g/mol. The maximum Gasteiger partial charge on any atom is 0.266 e. The smallest absolute Gasteiger partial charge is 0.266 e. The van der Waals surface area contributed by atoms with E-state index < -0.39 is 23.6 Å². The van der Waals surface area contributed by atoms with Gasteiger partial charge in [-0.15, -0.1) is 0 Å². The molecule has 2 aliphatic rings. The van der Waals surface area contributed by atoms with Crippen LogP contribution in [-0.2, 0) is 43.3 Å². The highest BCUT2D eigenvalue weighted by Gasteiger charge is 2.42. The molecular formula is C90H92Cl4N4O4. The zero-order valence-corrected chi connectivity index (χ0v) is 66.5. The van der Waals surface area contributed by atoms with Crippen LogP contribution >= 0.6 is 46.4 Å². The number of halogens is 4. The fourth-order valence-electron chi connectivity index (χ4n) is 14.4. The van der Waals surface area contributed by atoms with Crippen molar-refractivity contribution >= 4 is 124 Å². The lowest BCUT2D eigenvalue weighted by molar-refractivity contribution is 0.0877. The van der Waals surface area contributed by atoms with Crippen LogP contribution in [0.1, 0.15) is 252 Å². The molecule has 0 fully saturated rings. The molecule has 0 saturated carbocycles. The number of amides is 4. The highest BCUT2D eigenvalue weighted by molar-refractivity contribution is 6.57. The van der Waals surface area contributed by atoms with Crippen LogP contribution in [0, 0.1) is 0 Å². The van der Waals surface area contributed by atoms with Crippen LogP contribution in [0.2, 0.25) is 20.1 Å². The number of pyridine rings is 2. The van der Waals surface area contributed by atoms with Gasteiger partial charge < -0.3 is 0 Å². The van der Waals surface area contributed by atoms with Gasteiger partial charge in [-0.1, -0.05) is 237 Å². The van der Waals surface area contributed by atoms with Crippen LogP contribution in [0.25, 0.3) is 88.1 Å². The van der Waals surface area contributed by atoms with Crippen molar-refractivity contribution in [3.8, 4) is 45.0 Å². The first kappa shape index (κ1) is 72.4. The van der Waals surface area contributed by atoms with E-state index in [0.717, 1.165) is 66.8 Å². The van der Waals surface area contributed by atoms with E-state index in [2.05, 4.69) is 239 Å². The molecule has 2 aromatic heterocycles. The Bertz CT molecular complexity index is 4720. The van der Waals surface area contributed by atoms with E-state index in [1.54, 1.807) is 24.3 Å². The summed E-state index contributed by atoms with van der Waals surface area (Å²) in [7, 11) is 0. The fourth-order valence-corrected chi connectivity index (χ4v) is 15.6. The van der Waals surface area contributed by atoms with Gasteiger partial charge in [0.15, 0.2) is 0 Å². The minimum atomic E-state index is -0.616. The number of carbonyl (C=O) groups excluding carboxylic acids is 4. The lowest BCUT2D eigenvalue weighted by Crippen LogP contribution is -2.41. The van der Waals surface area contributed by atoms with Gasteiger partial charge >= 0.3 is 0 Å². The van der Waals surface area contributed by atoms with Crippen molar-refractivity contribution < 1.29 is 19.2 Å². The molecule has 2 aliphatic heterocycles. The Balaban J connectivity index is 1.01. The maximum atomic E-state index is 16.0. The van der Waals surface area contributed by atoms with Gasteiger partial charge in [-0.2, -0.15) is 0 Å². The van der Waals surface area contributed by atoms with Gasteiger partial charge in [-0.05, 0) is 185 Å². The maximum absolute atomic E-state index is 16.0. The third-order valence-electron chi connectivity index (χ3n) is 20.8. The lowest BCUT2D eigenvalue weighted by Gasteiger charge is -2.32. The molecule has 0 unspecified atom stereocenters. The Morgan fingerprint density at radius 3 is 0.549 bits per heavy atom. The van der Waals surface area contributed by atoms with Crippen molar-refractivity contribution in [3.63, 3.8) is 0 Å². The minimum absolute atomic E-state index is 0.125. The van der Waals surface area contributed by atoms with Gasteiger partial charge in [0.25, 0.3) is 23.6 Å². The van der Waals surface area contributed by atoms with Crippen LogP contribution in [-0.4, -0.2) is 33.6 Å². The molecule has 12 heteroatoms. The largest absolute Gasteiger partial charge is 0.268 e. The molecule has 102 heavy (non-hydrogen) atoms. The topological polar surface area (TPSA) is 101 Å². The third kappa shape index (κ3) is 12.4. The molecule has 4 amide bonds. The van der Waals surface area contributed by atoms with Crippen molar-refractivity contribution in [1.29, 1.82) is 0 Å². The normalized spacial score (nSPS) is 14.5. The highest BCUT2D eigenvalue weighted by Crippen LogP contribution is 2.55. The van der Waals surface area contributed by atoms with Crippen molar-refractivity contribution in [1.82, 2.24) is 9.97 Å². The Morgan fingerprint density at radius 1 is 0.225 bits per heavy atom. The zero-order valence-electron chi connectivity index (χ0n) is 63.5. The number of hydrogen-bond acceptors (Lipinski definition) is 6. The number of hydrogen-bond donors (Lipinski definition) is 0. The van der Waals surface area contributed by atoms with Crippen molar-refractivity contribution in [2.75, 3.05) is 9.80 Å². The molecule has 0 spiro atoms. The van der Waals surface area contributed by atoms with Crippen molar-refractivity contribution in [2.24, 2.45) is 0 Å². The van der Waals surface area contributed by atoms with E-state index in [9.17, 15) is 0 Å². The van der Waals surface area contributed by atoms with Gasteiger partial charge in [0, 0.05) is 85.4 Å². The van der Waals surface area contributed by atoms with E-state index in [1.165, 1.54) is 9.80 Å². The Hall–Kier alpha value is -7.98. The fraction of sp³-hybridized carbons (Fsp3) is 0.356. The van der Waals surface area contributed by atoms with Crippen molar-refractivity contribution in [2.45, 2.75) is 209 Å². The molecule has 0 radical (unpaired) electrons. The number of rotatable bonds is 6. The average molecular weight is 1440 g/mol. The first-order valence-corrected chi connectivity index (χ1v) is 36.9. The summed E-state index contributed by atoms with van der Waals surface area (Å²) in [5.41, 5.74) is 13.9. The molecule has 11 aromatic rings. The van der Waals surface area contributed by atoms with Gasteiger partial charge in [-0.3, -0.25) is 19.2 Å². The van der Waals surface area contributed by atoms with E-state index >= 15 is 19.2 Å². The van der Waals surface area contributed by atoms with Crippen LogP contribution in [0.4, 0.5) is 11.4 Å². The highest BCUT2D eigenvalue weighted by atomic mass is 35.5. The standard InChI is InChI=1S/C90H92Cl4N4O4/c1-83(2,3)49-25-45(26-50(33-49)84(4,5)6)67-37-57(38-68(95-67)46-27-51(85(7,8)9)34-52(28-46)86(10,11)12)97-79(99)59-41-63(91)73-75-65(93)43-61-72-62(44-66(94)76(78(72)75)74-64(92)42-60(80(97)100)71(59)77(73)74)82(102)98(81(61)101)58-39-69(47-29-53(87(13,14)15)35-54(30-47)88(16,17)18)96-70(40-58)48-31-55(89(19,20)21)36-56(32-48)90(22,23)24/h25-44H,1-24H3. The summed E-state index contributed by atoms with van der Waals surface area (Å²) in [5.74, 6) is -2.46. The molecule has 524 valence electrons. The van der Waals surface area contributed by atoms with Gasteiger partial charge in [0.1, 0.15) is 0 Å². The van der Waals surface area contributed by atoms with Crippen LogP contribution in [0.3, 0.4) is 0 Å². The predicted octanol–water partition coefficient (Wildman–Crippen LogP) is 25.8. The number of aromatic nitrogens is 2. The molecule has 0 bridgehead atoms. The minimum Gasteiger partial charge on any atom is -0.268 e. The first-order chi connectivity index (χ1) is 46.9. The molecular weight excluding hydrogens is 1340 g/mol. The van der Waals surface area contributed by atoms with Gasteiger partial charge in [0.2, 0.25) is 0 Å². The summed E-state index contributed by atoms with van der Waals surface area (Å²) >= 11 is 30.8. The van der Waals surface area contributed by atoms with E-state index in [4.69, 9.17) is 56.4 Å². The quantitative estimate of drug-likeness (QED) is 0.0934. The molecule has 0 atom stereocenters. The molecule has 9 aromatic carbocycles. The third-order valence-corrected chi connectivity index (χ3v) is 22.0. The van der Waals surface area contributed by atoms with Gasteiger partial charge in [0.05, 0.1) is 56.4 Å². The summed E-state index contributed by atoms with van der Waals surface area (Å²) in [6, 6.07) is 40.0. The molecule has 4 heterocycles. The Kier molecular flexibility index (Phi) is 16.9. The molecule has 0 saturated heterocycles. The number of anilines is 2. The second-order valence-electron chi connectivity index (χ2n) is 36.9. The van der Waals surface area contributed by atoms with E-state index in [1.807, 2.05) is 24.3 Å². The number of imide groups is 2. The SMILES string of the molecule is CC(C)(C)c1cc(-c2cc(N3C(=O)c4cc(Cl)c5c6c(Cl)cc7c8c(cc(Cl)c(c9c(Cl)cc(c4c59)C3=O)c86)C(=O)N(c3cc(-c4cc(C(C)(C)C)cc(C(C)(C)C)c4)nc(-c4cc(C(C)(C)C)cc(C(C)(C)C)c4)c3)C7=O)cc(-c3cc(C(C)(C)C)cc(C(C)(C)C)c3)n2)cc(C(C)(C)C)c1. The average Bonchev–Trinajstić information content (AvgIpc) is 0.674. The Morgan fingerprint density at radius 2 is 0.392 bits per heavy atom. The zero-order chi connectivity index (χ0) is 74.7. The number of carbonyl (C=O) groups is 4. The van der Waals surface area contributed by atoms with Crippen LogP contribution in [0.5, 0.6) is 0 Å². The lowest BCUT2D eigenvalue weighted by atomic mass is 9.79. The molecule has 0 N–H and O–H groups in total. The van der Waals surface area contributed by atoms with Gasteiger partial charge in [-0.25, -0.2) is 19.8 Å². The second kappa shape index (κ2) is 23.8. The Labute approximate surface area is 621 Å². The summed E-state index contributed by atoms with van der Waals surface area (Å²) in [6.45, 7) is 52.6. The van der Waals surface area contributed by atoms with E-state index in [0.29, 0.717) is 77.2 Å². The first-order valence-electron chi connectivity index (χ1n) is 35.4. The molecule has 13 rings (SSSR count). The number of nitrogens with zero attached hydrogens (tertiary/aromatic N) is 4. The van der Waals surface area contributed by atoms with Crippen LogP contribution in [0.15, 0.2) is 121 Å². The van der Waals surface area contributed by atoms with E-state index in [-0.39, 0.29) is 85.7 Å². The number of benzene rings is 9. The van der Waals surface area contributed by atoms with Crippen molar-refractivity contribution in [3.05, 3.63) is 208 Å². The second-order valence-corrected chi connectivity index (χ2v) is 38.5. The van der Waals surface area contributed by atoms with Crippen LogP contribution < -0.4 is 9.80 Å². The number of fused-ring (bicyclic) bond motifs is 2. The predicted molar refractivity (Wildman–Crippen MR) is 430 cm³/mol. The summed E-state index contributed by atoms with van der Waals surface area (Å²) in [4.78, 5) is 77.5. The summed E-state index contributed by atoms with van der Waals surface area (Å²) in [5, 5.41) is 3.41. The molecule has 0 aliphatic carbocycles. The molecule has 8 nitrogen and oxygen atoms in total.